The number of pyridine rings is 1. The van der Waals surface area contributed by atoms with Gasteiger partial charge in [-0.1, -0.05) is 0 Å². The molecule has 0 fully saturated rings. The molecule has 106 valence electrons. The normalized spacial score (nSPS) is 12.1. The summed E-state index contributed by atoms with van der Waals surface area (Å²) in [6.45, 7) is 2.55. The van der Waals surface area contributed by atoms with Gasteiger partial charge in [-0.15, -0.1) is 0 Å². The van der Waals surface area contributed by atoms with Crippen molar-refractivity contribution >= 4 is 21.8 Å². The number of hydrogen-bond donors (Lipinski definition) is 1. The van der Waals surface area contributed by atoms with E-state index in [4.69, 9.17) is 0 Å². The minimum absolute atomic E-state index is 0.00649. The lowest BCUT2D eigenvalue weighted by atomic mass is 10.3. The summed E-state index contributed by atoms with van der Waals surface area (Å²) in [5, 5.41) is 2.85. The molecular weight excluding hydrogens is 324 g/mol. The Balaban J connectivity index is 1.92. The van der Waals surface area contributed by atoms with Crippen LogP contribution in [0.15, 0.2) is 46.3 Å². The van der Waals surface area contributed by atoms with Crippen LogP contribution >= 0.6 is 15.9 Å². The Morgan fingerprint density at radius 2 is 2.30 bits per heavy atom. The van der Waals surface area contributed by atoms with Crippen molar-refractivity contribution in [1.29, 1.82) is 0 Å². The van der Waals surface area contributed by atoms with E-state index >= 15 is 0 Å². The van der Waals surface area contributed by atoms with Crippen LogP contribution in [0.3, 0.4) is 0 Å². The average molecular weight is 339 g/mol. The number of halogens is 1. The monoisotopic (exact) mass is 338 g/mol. The smallest absolute Gasteiger partial charge is 0.251 e. The second-order valence-electron chi connectivity index (χ2n) is 4.54. The van der Waals surface area contributed by atoms with E-state index < -0.39 is 0 Å². The first-order valence-corrected chi connectivity index (χ1v) is 6.95. The molecular formula is C13H15BrN4O2. The molecule has 1 N–H and O–H groups in total. The molecule has 6 nitrogen and oxygen atoms in total. The Hall–Kier alpha value is -1.89. The van der Waals surface area contributed by atoms with Crippen molar-refractivity contribution in [1.82, 2.24) is 19.4 Å². The minimum Gasteiger partial charge on any atom is -0.350 e. The van der Waals surface area contributed by atoms with Crippen molar-refractivity contribution in [2.45, 2.75) is 26.1 Å². The Labute approximate surface area is 124 Å². The highest BCUT2D eigenvalue weighted by atomic mass is 79.9. The minimum atomic E-state index is -0.203. The van der Waals surface area contributed by atoms with E-state index in [2.05, 4.69) is 26.2 Å². The Kier molecular flexibility index (Phi) is 4.73. The van der Waals surface area contributed by atoms with Crippen LogP contribution in [-0.4, -0.2) is 26.1 Å². The standard InChI is InChI=1S/C13H15BrN4O2/c1-10(6-17-5-4-15-9-17)16-12(19)8-18-7-11(14)2-3-13(18)20/h2-5,7,9-10H,6,8H2,1H3,(H,16,19)/t10-/m1/s1. The highest BCUT2D eigenvalue weighted by molar-refractivity contribution is 9.10. The highest BCUT2D eigenvalue weighted by Gasteiger charge is 2.09. The van der Waals surface area contributed by atoms with Crippen molar-refractivity contribution in [2.24, 2.45) is 0 Å². The largest absolute Gasteiger partial charge is 0.350 e. The molecule has 0 spiro atoms. The zero-order chi connectivity index (χ0) is 14.5. The van der Waals surface area contributed by atoms with E-state index in [1.54, 1.807) is 24.8 Å². The van der Waals surface area contributed by atoms with E-state index in [-0.39, 0.29) is 24.1 Å². The van der Waals surface area contributed by atoms with E-state index in [9.17, 15) is 9.59 Å². The first-order chi connectivity index (χ1) is 9.54. The molecule has 2 rings (SSSR count). The zero-order valence-electron chi connectivity index (χ0n) is 11.0. The van der Waals surface area contributed by atoms with Gasteiger partial charge in [0.1, 0.15) is 6.54 Å². The van der Waals surface area contributed by atoms with Crippen LogP contribution in [0.1, 0.15) is 6.92 Å². The summed E-state index contributed by atoms with van der Waals surface area (Å²) in [7, 11) is 0. The number of rotatable bonds is 5. The molecule has 2 aromatic rings. The second kappa shape index (κ2) is 6.51. The number of nitrogens with one attached hydrogen (secondary N) is 1. The van der Waals surface area contributed by atoms with Crippen molar-refractivity contribution in [3.05, 3.63) is 51.9 Å². The maximum Gasteiger partial charge on any atom is 0.251 e. The third-order valence-corrected chi connectivity index (χ3v) is 3.18. The van der Waals surface area contributed by atoms with Gasteiger partial charge < -0.3 is 14.5 Å². The van der Waals surface area contributed by atoms with Gasteiger partial charge in [0.25, 0.3) is 5.56 Å². The number of nitrogens with zero attached hydrogens (tertiary/aromatic N) is 3. The number of hydrogen-bond acceptors (Lipinski definition) is 3. The second-order valence-corrected chi connectivity index (χ2v) is 5.46. The van der Waals surface area contributed by atoms with Gasteiger partial charge in [0.15, 0.2) is 0 Å². The molecule has 0 radical (unpaired) electrons. The highest BCUT2D eigenvalue weighted by Crippen LogP contribution is 2.04. The van der Waals surface area contributed by atoms with Gasteiger partial charge >= 0.3 is 0 Å². The molecule has 0 unspecified atom stereocenters. The van der Waals surface area contributed by atoms with Crippen molar-refractivity contribution in [2.75, 3.05) is 0 Å². The third-order valence-electron chi connectivity index (χ3n) is 2.71. The first-order valence-electron chi connectivity index (χ1n) is 6.15. The molecule has 2 heterocycles. The van der Waals surface area contributed by atoms with Crippen LogP contribution in [-0.2, 0) is 17.9 Å². The number of amides is 1. The van der Waals surface area contributed by atoms with E-state index in [0.717, 1.165) is 4.47 Å². The fourth-order valence-electron chi connectivity index (χ4n) is 1.86. The third kappa shape index (κ3) is 4.06. The van der Waals surface area contributed by atoms with Gasteiger partial charge in [0.05, 0.1) is 6.33 Å². The summed E-state index contributed by atoms with van der Waals surface area (Å²) >= 11 is 3.28. The summed E-state index contributed by atoms with van der Waals surface area (Å²) < 4.78 is 4.01. The lowest BCUT2D eigenvalue weighted by Gasteiger charge is -2.15. The molecule has 0 aliphatic heterocycles. The predicted molar refractivity (Wildman–Crippen MR) is 78.2 cm³/mol. The molecule has 0 saturated heterocycles. The fraction of sp³-hybridized carbons (Fsp3) is 0.308. The quantitative estimate of drug-likeness (QED) is 0.884. The lowest BCUT2D eigenvalue weighted by molar-refractivity contribution is -0.122. The topological polar surface area (TPSA) is 68.9 Å². The van der Waals surface area contributed by atoms with Gasteiger partial charge in [0.2, 0.25) is 5.91 Å². The van der Waals surface area contributed by atoms with Gasteiger partial charge in [-0.25, -0.2) is 4.98 Å². The van der Waals surface area contributed by atoms with Crippen LogP contribution in [0.4, 0.5) is 0 Å². The van der Waals surface area contributed by atoms with Gasteiger partial charge in [-0.2, -0.15) is 0 Å². The van der Waals surface area contributed by atoms with Gasteiger partial charge in [-0.3, -0.25) is 9.59 Å². The molecule has 1 amide bonds. The maximum atomic E-state index is 11.9. The SMILES string of the molecule is C[C@H](Cn1ccnc1)NC(=O)Cn1cc(Br)ccc1=O. The molecule has 2 aromatic heterocycles. The van der Waals surface area contributed by atoms with E-state index in [1.165, 1.54) is 10.6 Å². The molecule has 0 aliphatic rings. The lowest BCUT2D eigenvalue weighted by Crippen LogP contribution is -2.39. The summed E-state index contributed by atoms with van der Waals surface area (Å²) in [5.74, 6) is -0.196. The van der Waals surface area contributed by atoms with Crippen LogP contribution in [0.5, 0.6) is 0 Å². The summed E-state index contributed by atoms with van der Waals surface area (Å²) in [5.41, 5.74) is -0.203. The van der Waals surface area contributed by atoms with E-state index in [0.29, 0.717) is 6.54 Å². The van der Waals surface area contributed by atoms with Crippen molar-refractivity contribution in [3.8, 4) is 0 Å². The molecule has 0 aliphatic carbocycles. The zero-order valence-corrected chi connectivity index (χ0v) is 12.6. The van der Waals surface area contributed by atoms with Gasteiger partial charge in [0, 0.05) is 41.7 Å². The number of aromatic nitrogens is 3. The average Bonchev–Trinajstić information content (AvgIpc) is 2.86. The molecule has 7 heteroatoms. The number of carbonyl (C=O) groups excluding carboxylic acids is 1. The summed E-state index contributed by atoms with van der Waals surface area (Å²) in [6, 6.07) is 3.03. The van der Waals surface area contributed by atoms with Crippen molar-refractivity contribution < 1.29 is 4.79 Å². The van der Waals surface area contributed by atoms with Crippen LogP contribution in [0.25, 0.3) is 0 Å². The van der Waals surface area contributed by atoms with Crippen LogP contribution in [0.2, 0.25) is 0 Å². The summed E-state index contributed by atoms with van der Waals surface area (Å²) in [4.78, 5) is 27.4. The molecule has 1 atom stereocenters. The predicted octanol–water partition coefficient (Wildman–Crippen LogP) is 1.01. The summed E-state index contributed by atoms with van der Waals surface area (Å²) in [6.07, 6.45) is 6.82. The Morgan fingerprint density at radius 3 is 3.00 bits per heavy atom. The maximum absolute atomic E-state index is 11.9. The Bertz CT molecular complexity index is 636. The molecule has 0 aromatic carbocycles. The van der Waals surface area contributed by atoms with E-state index in [1.807, 2.05) is 17.7 Å². The molecule has 0 bridgehead atoms. The van der Waals surface area contributed by atoms with Crippen LogP contribution in [0, 0.1) is 0 Å². The Morgan fingerprint density at radius 1 is 1.50 bits per heavy atom. The number of carbonyl (C=O) groups is 1. The fourth-order valence-corrected chi connectivity index (χ4v) is 2.24. The van der Waals surface area contributed by atoms with Crippen molar-refractivity contribution in [3.63, 3.8) is 0 Å². The molecule has 0 saturated carbocycles. The van der Waals surface area contributed by atoms with Crippen LogP contribution < -0.4 is 10.9 Å². The first kappa shape index (κ1) is 14.5. The molecule has 20 heavy (non-hydrogen) atoms. The number of imidazole rings is 1. The van der Waals surface area contributed by atoms with Gasteiger partial charge in [-0.05, 0) is 28.9 Å².